The highest BCUT2D eigenvalue weighted by atomic mass is 32.2. The lowest BCUT2D eigenvalue weighted by molar-refractivity contribution is 0.0700. The van der Waals surface area contributed by atoms with Gasteiger partial charge in [-0.2, -0.15) is 0 Å². The van der Waals surface area contributed by atoms with Gasteiger partial charge in [-0.3, -0.25) is 4.79 Å². The Balaban J connectivity index is 1.24. The van der Waals surface area contributed by atoms with Gasteiger partial charge in [0.05, 0.1) is 23.6 Å². The number of piperidine rings is 1. The number of likely N-dealkylation sites (tertiary alicyclic amines) is 1. The Hall–Kier alpha value is -3.48. The van der Waals surface area contributed by atoms with E-state index in [-0.39, 0.29) is 23.9 Å². The third-order valence-electron chi connectivity index (χ3n) is 10.5. The van der Waals surface area contributed by atoms with Crippen LogP contribution in [0.25, 0.3) is 33.6 Å². The number of methoxy groups -OCH3 is 1. The molecule has 0 spiro atoms. The van der Waals surface area contributed by atoms with Gasteiger partial charge in [-0.15, -0.1) is 0 Å². The highest BCUT2D eigenvalue weighted by molar-refractivity contribution is 7.89. The minimum Gasteiger partial charge on any atom is -0.494 e. The van der Waals surface area contributed by atoms with Gasteiger partial charge in [0.25, 0.3) is 5.91 Å². The van der Waals surface area contributed by atoms with Crippen LogP contribution in [0, 0.1) is 17.8 Å². The molecule has 8 rings (SSSR count). The van der Waals surface area contributed by atoms with E-state index in [4.69, 9.17) is 20.4 Å². The molecule has 2 saturated heterocycles. The van der Waals surface area contributed by atoms with Crippen LogP contribution in [-0.2, 0) is 23.1 Å². The average Bonchev–Trinajstić information content (AvgIpc) is 3.36. The lowest BCUT2D eigenvalue weighted by Gasteiger charge is -2.39. The summed E-state index contributed by atoms with van der Waals surface area (Å²) < 4.78 is 37.7. The quantitative estimate of drug-likeness (QED) is 0.298. The molecule has 4 fully saturated rings. The predicted molar refractivity (Wildman–Crippen MR) is 172 cm³/mol. The number of amides is 1. The van der Waals surface area contributed by atoms with Crippen molar-refractivity contribution in [3.63, 3.8) is 0 Å². The smallest absolute Gasteiger partial charge is 0.254 e. The van der Waals surface area contributed by atoms with E-state index in [0.717, 1.165) is 47.5 Å². The first-order chi connectivity index (χ1) is 21.6. The van der Waals surface area contributed by atoms with Gasteiger partial charge in [0.2, 0.25) is 10.0 Å². The average molecular weight is 632 g/mol. The molecule has 2 bridgehead atoms. The first-order valence-electron chi connectivity index (χ1n) is 16.2. The molecule has 1 amide bonds. The van der Waals surface area contributed by atoms with Crippen LogP contribution in [0.1, 0.15) is 49.9 Å². The number of aromatic nitrogens is 4. The topological polar surface area (TPSA) is 129 Å². The fraction of sp³-hybridized carbons (Fsp3) is 0.545. The Morgan fingerprint density at radius 2 is 1.82 bits per heavy atom. The van der Waals surface area contributed by atoms with E-state index in [0.29, 0.717) is 54.8 Å². The molecule has 12 heteroatoms. The second-order valence-electron chi connectivity index (χ2n) is 13.8. The van der Waals surface area contributed by atoms with Crippen LogP contribution in [0.15, 0.2) is 36.5 Å². The molecule has 1 aromatic carbocycles. The van der Waals surface area contributed by atoms with Crippen LogP contribution in [0.5, 0.6) is 5.75 Å². The number of carbonyl (C=O) groups is 1. The lowest BCUT2D eigenvalue weighted by atomic mass is 10.0. The summed E-state index contributed by atoms with van der Waals surface area (Å²) in [6.07, 6.45) is 6.25. The van der Waals surface area contributed by atoms with E-state index in [1.165, 1.54) is 12.8 Å². The van der Waals surface area contributed by atoms with Gasteiger partial charge < -0.3 is 24.5 Å². The van der Waals surface area contributed by atoms with E-state index in [1.807, 2.05) is 29.3 Å². The monoisotopic (exact) mass is 631 g/mol. The number of ether oxygens (including phenoxy) is 1. The van der Waals surface area contributed by atoms with Crippen molar-refractivity contribution in [2.24, 2.45) is 23.5 Å². The third-order valence-corrected chi connectivity index (χ3v) is 12.7. The van der Waals surface area contributed by atoms with Crippen LogP contribution in [0.3, 0.4) is 0 Å². The van der Waals surface area contributed by atoms with E-state index in [9.17, 15) is 13.2 Å². The predicted octanol–water partition coefficient (Wildman–Crippen LogP) is 3.70. The molecule has 0 unspecified atom stereocenters. The van der Waals surface area contributed by atoms with Crippen molar-refractivity contribution in [1.29, 1.82) is 0 Å². The number of fused-ring (bicyclic) bond motifs is 4. The van der Waals surface area contributed by atoms with Gasteiger partial charge in [-0.1, -0.05) is 0 Å². The molecule has 238 valence electrons. The molecule has 3 aromatic heterocycles. The van der Waals surface area contributed by atoms with Gasteiger partial charge in [0, 0.05) is 67.9 Å². The zero-order valence-electron chi connectivity index (χ0n) is 26.1. The second-order valence-corrected chi connectivity index (χ2v) is 16.3. The van der Waals surface area contributed by atoms with E-state index in [2.05, 4.69) is 21.3 Å². The lowest BCUT2D eigenvalue weighted by Crippen LogP contribution is -2.53. The van der Waals surface area contributed by atoms with Crippen molar-refractivity contribution in [3.8, 4) is 17.3 Å². The van der Waals surface area contributed by atoms with Crippen molar-refractivity contribution in [1.82, 2.24) is 28.3 Å². The number of hydrogen-bond donors (Lipinski definition) is 1. The number of sulfonamides is 1. The molecule has 0 radical (unpaired) electrons. The number of pyridine rings is 1. The Morgan fingerprint density at radius 1 is 1.04 bits per heavy atom. The standard InChI is InChI=1S/C33H41N7O4S/c1-19(2)45(42,43)37-14-21(15-37)17-40-30-25(11-24(13-28(30)44-3)33(41)39-18-23-8-9-26(39)29(23)34)36-32(40)27-12-22-5-4-10-35-31(22)38(27)16-20-6-7-20/h4-5,10-13,19-21,23,26,29H,6-9,14-18,34H2,1-3H3/t23-,26-,29-/m1/s1. The summed E-state index contributed by atoms with van der Waals surface area (Å²) in [4.78, 5) is 25.8. The van der Waals surface area contributed by atoms with Crippen molar-refractivity contribution in [3.05, 3.63) is 42.1 Å². The molecule has 4 aliphatic rings. The number of nitrogens with zero attached hydrogens (tertiary/aromatic N) is 6. The largest absolute Gasteiger partial charge is 0.494 e. The fourth-order valence-electron chi connectivity index (χ4n) is 7.75. The summed E-state index contributed by atoms with van der Waals surface area (Å²) in [6, 6.07) is 10.0. The van der Waals surface area contributed by atoms with Crippen LogP contribution in [-0.4, -0.2) is 86.7 Å². The molecule has 2 aliphatic carbocycles. The number of benzene rings is 1. The van der Waals surface area contributed by atoms with E-state index >= 15 is 0 Å². The van der Waals surface area contributed by atoms with Crippen LogP contribution >= 0.6 is 0 Å². The Kier molecular flexibility index (Phi) is 6.78. The number of imidazole rings is 1. The summed E-state index contributed by atoms with van der Waals surface area (Å²) in [5, 5.41) is 0.595. The SMILES string of the molecule is COc1cc(C(=O)N2C[C@H]3CC[C@@H]2[C@@H]3N)cc2nc(-c3cc4cccnc4n3CC3CC3)n(CC3CN(S(=O)(=O)C(C)C)C3)c12. The fourth-order valence-corrected chi connectivity index (χ4v) is 9.18. The maximum absolute atomic E-state index is 13.9. The van der Waals surface area contributed by atoms with Crippen LogP contribution < -0.4 is 10.5 Å². The molecular formula is C33H41N7O4S. The normalized spacial score (nSPS) is 23.9. The summed E-state index contributed by atoms with van der Waals surface area (Å²) in [7, 11) is -1.68. The highest BCUT2D eigenvalue weighted by Crippen LogP contribution is 2.41. The molecule has 2 aliphatic heterocycles. The maximum atomic E-state index is 13.9. The molecule has 11 nitrogen and oxygen atoms in total. The first-order valence-corrected chi connectivity index (χ1v) is 17.7. The number of rotatable bonds is 9. The minimum absolute atomic E-state index is 0.0328. The van der Waals surface area contributed by atoms with Gasteiger partial charge >= 0.3 is 0 Å². The molecule has 5 heterocycles. The first kappa shape index (κ1) is 29.0. The zero-order valence-corrected chi connectivity index (χ0v) is 26.9. The van der Waals surface area contributed by atoms with Gasteiger partial charge in [0.15, 0.2) is 5.82 Å². The summed E-state index contributed by atoms with van der Waals surface area (Å²) in [6.45, 7) is 6.50. The highest BCUT2D eigenvalue weighted by Gasteiger charge is 2.47. The summed E-state index contributed by atoms with van der Waals surface area (Å²) in [5.74, 6) is 2.41. The summed E-state index contributed by atoms with van der Waals surface area (Å²) >= 11 is 0. The van der Waals surface area contributed by atoms with Crippen molar-refractivity contribution < 1.29 is 17.9 Å². The molecular weight excluding hydrogens is 590 g/mol. The summed E-state index contributed by atoms with van der Waals surface area (Å²) in [5.41, 5.74) is 10.4. The second kappa shape index (κ2) is 10.5. The Labute approximate surface area is 263 Å². The molecule has 2 saturated carbocycles. The molecule has 45 heavy (non-hydrogen) atoms. The molecule has 4 aromatic rings. The Bertz CT molecular complexity index is 1920. The van der Waals surface area contributed by atoms with Gasteiger partial charge in [-0.25, -0.2) is 22.7 Å². The zero-order chi connectivity index (χ0) is 31.2. The van der Waals surface area contributed by atoms with Crippen molar-refractivity contribution >= 4 is 38.0 Å². The van der Waals surface area contributed by atoms with Crippen molar-refractivity contribution in [2.75, 3.05) is 26.7 Å². The third kappa shape index (κ3) is 4.67. The van der Waals surface area contributed by atoms with Crippen molar-refractivity contribution in [2.45, 2.75) is 70.0 Å². The Morgan fingerprint density at radius 3 is 2.49 bits per heavy atom. The maximum Gasteiger partial charge on any atom is 0.254 e. The minimum atomic E-state index is -3.31. The van der Waals surface area contributed by atoms with E-state index in [1.54, 1.807) is 25.3 Å². The van der Waals surface area contributed by atoms with Gasteiger partial charge in [-0.05, 0) is 81.7 Å². The van der Waals surface area contributed by atoms with E-state index < -0.39 is 15.3 Å². The van der Waals surface area contributed by atoms with Crippen LogP contribution in [0.2, 0.25) is 0 Å². The van der Waals surface area contributed by atoms with Gasteiger partial charge in [0.1, 0.15) is 16.9 Å². The molecule has 2 N–H and O–H groups in total. The van der Waals surface area contributed by atoms with Crippen LogP contribution in [0.4, 0.5) is 0 Å². The number of hydrogen-bond acceptors (Lipinski definition) is 7. The number of carbonyl (C=O) groups excluding carboxylic acids is 1. The number of nitrogens with two attached hydrogens (primary N) is 1. The molecule has 3 atom stereocenters.